The van der Waals surface area contributed by atoms with Crippen molar-refractivity contribution in [2.75, 3.05) is 13.1 Å². The van der Waals surface area contributed by atoms with Crippen LogP contribution in [0.1, 0.15) is 18.4 Å². The standard InChI is InChI=1S/C18H17ClF3N3O3/c19-13-3-1-2-11(8-13)16-12(9-23-28-16)4-5-15(26)25-7-6-14(10-25)24-17(27)18(20,21)22/h1-3,8-9,14H,4-7,10H2,(H,24,27). The van der Waals surface area contributed by atoms with E-state index in [4.69, 9.17) is 16.1 Å². The minimum Gasteiger partial charge on any atom is -0.356 e. The Morgan fingerprint density at radius 1 is 1.36 bits per heavy atom. The van der Waals surface area contributed by atoms with E-state index in [9.17, 15) is 22.8 Å². The maximum atomic E-state index is 12.4. The molecule has 1 saturated heterocycles. The molecule has 1 N–H and O–H groups in total. The van der Waals surface area contributed by atoms with Gasteiger partial charge >= 0.3 is 12.1 Å². The highest BCUT2D eigenvalue weighted by Crippen LogP contribution is 2.27. The van der Waals surface area contributed by atoms with E-state index in [-0.39, 0.29) is 25.3 Å². The summed E-state index contributed by atoms with van der Waals surface area (Å²) >= 11 is 5.98. The van der Waals surface area contributed by atoms with Crippen molar-refractivity contribution < 1.29 is 27.3 Å². The Balaban J connectivity index is 1.55. The first-order chi connectivity index (χ1) is 13.2. The van der Waals surface area contributed by atoms with E-state index in [1.807, 2.05) is 11.4 Å². The van der Waals surface area contributed by atoms with Crippen LogP contribution in [0.3, 0.4) is 0 Å². The third-order valence-electron chi connectivity index (χ3n) is 4.47. The molecule has 2 heterocycles. The molecule has 1 atom stereocenters. The van der Waals surface area contributed by atoms with E-state index >= 15 is 0 Å². The first-order valence-corrected chi connectivity index (χ1v) is 8.97. The number of rotatable bonds is 5. The number of likely N-dealkylation sites (tertiary alicyclic amines) is 1. The number of carbonyl (C=O) groups is 2. The van der Waals surface area contributed by atoms with Gasteiger partial charge in [0.25, 0.3) is 0 Å². The van der Waals surface area contributed by atoms with Crippen LogP contribution in [-0.2, 0) is 16.0 Å². The Morgan fingerprint density at radius 3 is 2.86 bits per heavy atom. The van der Waals surface area contributed by atoms with Gasteiger partial charge in [0.15, 0.2) is 5.76 Å². The summed E-state index contributed by atoms with van der Waals surface area (Å²) < 4.78 is 42.2. The summed E-state index contributed by atoms with van der Waals surface area (Å²) in [5.74, 6) is -1.67. The predicted octanol–water partition coefficient (Wildman–Crippen LogP) is 3.21. The molecule has 1 aromatic carbocycles. The minimum absolute atomic E-state index is 0.0610. The van der Waals surface area contributed by atoms with Gasteiger partial charge in [-0.2, -0.15) is 13.2 Å². The molecule has 0 bridgehead atoms. The maximum Gasteiger partial charge on any atom is 0.471 e. The summed E-state index contributed by atoms with van der Waals surface area (Å²) in [7, 11) is 0. The van der Waals surface area contributed by atoms with Crippen LogP contribution in [0.2, 0.25) is 5.02 Å². The average Bonchev–Trinajstić information content (AvgIpc) is 3.28. The quantitative estimate of drug-likeness (QED) is 0.813. The fourth-order valence-electron chi connectivity index (χ4n) is 3.08. The molecular formula is C18H17ClF3N3O3. The molecule has 3 rings (SSSR count). The molecule has 1 aliphatic rings. The lowest BCUT2D eigenvalue weighted by molar-refractivity contribution is -0.174. The topological polar surface area (TPSA) is 75.4 Å². The van der Waals surface area contributed by atoms with Crippen LogP contribution in [0.25, 0.3) is 11.3 Å². The zero-order valence-electron chi connectivity index (χ0n) is 14.6. The third-order valence-corrected chi connectivity index (χ3v) is 4.71. The summed E-state index contributed by atoms with van der Waals surface area (Å²) in [5.41, 5.74) is 1.47. The molecule has 1 unspecified atom stereocenters. The van der Waals surface area contributed by atoms with Crippen molar-refractivity contribution in [3.63, 3.8) is 0 Å². The minimum atomic E-state index is -4.93. The number of carbonyl (C=O) groups excluding carboxylic acids is 2. The number of hydrogen-bond acceptors (Lipinski definition) is 4. The van der Waals surface area contributed by atoms with Crippen LogP contribution in [0.4, 0.5) is 13.2 Å². The van der Waals surface area contributed by atoms with E-state index in [1.165, 1.54) is 11.1 Å². The smallest absolute Gasteiger partial charge is 0.356 e. The Bertz CT molecular complexity index is 869. The second-order valence-corrected chi connectivity index (χ2v) is 6.92. The van der Waals surface area contributed by atoms with E-state index < -0.39 is 18.1 Å². The zero-order chi connectivity index (χ0) is 20.3. The maximum absolute atomic E-state index is 12.4. The van der Waals surface area contributed by atoms with Gasteiger partial charge in [0, 0.05) is 41.7 Å². The number of amides is 2. The van der Waals surface area contributed by atoms with E-state index in [0.717, 1.165) is 11.1 Å². The van der Waals surface area contributed by atoms with Gasteiger partial charge in [0.1, 0.15) is 0 Å². The van der Waals surface area contributed by atoms with Crippen LogP contribution in [-0.4, -0.2) is 47.2 Å². The fraction of sp³-hybridized carbons (Fsp3) is 0.389. The normalized spacial score (nSPS) is 17.0. The molecule has 28 heavy (non-hydrogen) atoms. The lowest BCUT2D eigenvalue weighted by Crippen LogP contribution is -2.44. The summed E-state index contributed by atoms with van der Waals surface area (Å²) in [5, 5.41) is 6.23. The number of benzene rings is 1. The lowest BCUT2D eigenvalue weighted by Gasteiger charge is -2.17. The first-order valence-electron chi connectivity index (χ1n) is 8.59. The van der Waals surface area contributed by atoms with Crippen LogP contribution in [0.5, 0.6) is 0 Å². The monoisotopic (exact) mass is 415 g/mol. The van der Waals surface area contributed by atoms with Gasteiger partial charge in [0.2, 0.25) is 5.91 Å². The molecular weight excluding hydrogens is 399 g/mol. The van der Waals surface area contributed by atoms with Crippen molar-refractivity contribution in [1.29, 1.82) is 0 Å². The van der Waals surface area contributed by atoms with Gasteiger partial charge in [0.05, 0.1) is 6.20 Å². The van der Waals surface area contributed by atoms with Crippen molar-refractivity contribution in [2.24, 2.45) is 0 Å². The second-order valence-electron chi connectivity index (χ2n) is 6.49. The predicted molar refractivity (Wildman–Crippen MR) is 94.5 cm³/mol. The van der Waals surface area contributed by atoms with E-state index in [0.29, 0.717) is 23.7 Å². The van der Waals surface area contributed by atoms with Crippen LogP contribution < -0.4 is 5.32 Å². The molecule has 1 aliphatic heterocycles. The molecule has 1 fully saturated rings. The molecule has 1 aromatic heterocycles. The summed E-state index contributed by atoms with van der Waals surface area (Å²) in [6.45, 7) is 0.359. The molecule has 0 radical (unpaired) electrons. The van der Waals surface area contributed by atoms with E-state index in [2.05, 4.69) is 5.16 Å². The number of nitrogens with one attached hydrogen (secondary N) is 1. The van der Waals surface area contributed by atoms with Crippen molar-refractivity contribution in [3.05, 3.63) is 41.0 Å². The van der Waals surface area contributed by atoms with Gasteiger partial charge in [-0.3, -0.25) is 9.59 Å². The van der Waals surface area contributed by atoms with Gasteiger partial charge in [-0.25, -0.2) is 0 Å². The number of aromatic nitrogens is 1. The first kappa shape index (κ1) is 20.2. The number of alkyl halides is 3. The van der Waals surface area contributed by atoms with Gasteiger partial charge in [-0.05, 0) is 25.0 Å². The molecule has 10 heteroatoms. The average molecular weight is 416 g/mol. The Kier molecular flexibility index (Phi) is 5.93. The molecule has 2 amide bonds. The van der Waals surface area contributed by atoms with Gasteiger partial charge < -0.3 is 14.7 Å². The highest BCUT2D eigenvalue weighted by molar-refractivity contribution is 6.30. The number of halogens is 4. The van der Waals surface area contributed by atoms with Crippen molar-refractivity contribution >= 4 is 23.4 Å². The molecule has 0 saturated carbocycles. The fourth-order valence-corrected chi connectivity index (χ4v) is 3.27. The number of nitrogens with zero attached hydrogens (tertiary/aromatic N) is 2. The lowest BCUT2D eigenvalue weighted by atomic mass is 10.1. The van der Waals surface area contributed by atoms with Crippen molar-refractivity contribution in [3.8, 4) is 11.3 Å². The highest BCUT2D eigenvalue weighted by atomic mass is 35.5. The van der Waals surface area contributed by atoms with Crippen molar-refractivity contribution in [2.45, 2.75) is 31.5 Å². The van der Waals surface area contributed by atoms with E-state index in [1.54, 1.807) is 18.2 Å². The molecule has 150 valence electrons. The van der Waals surface area contributed by atoms with Crippen LogP contribution in [0, 0.1) is 0 Å². The second kappa shape index (κ2) is 8.22. The van der Waals surface area contributed by atoms with Gasteiger partial charge in [-0.15, -0.1) is 0 Å². The molecule has 6 nitrogen and oxygen atoms in total. The van der Waals surface area contributed by atoms with Crippen LogP contribution >= 0.6 is 11.6 Å². The molecule has 0 spiro atoms. The number of hydrogen-bond donors (Lipinski definition) is 1. The molecule has 2 aromatic rings. The van der Waals surface area contributed by atoms with Crippen LogP contribution in [0.15, 0.2) is 35.0 Å². The SMILES string of the molecule is O=C(CCc1cnoc1-c1cccc(Cl)c1)N1CCC(NC(=O)C(F)(F)F)C1. The number of aryl methyl sites for hydroxylation is 1. The van der Waals surface area contributed by atoms with Gasteiger partial charge in [-0.1, -0.05) is 28.9 Å². The zero-order valence-corrected chi connectivity index (χ0v) is 15.4. The molecule has 0 aliphatic carbocycles. The Hall–Kier alpha value is -2.55. The highest BCUT2D eigenvalue weighted by Gasteiger charge is 2.41. The summed E-state index contributed by atoms with van der Waals surface area (Å²) in [6, 6.07) is 6.34. The van der Waals surface area contributed by atoms with Crippen molar-refractivity contribution in [1.82, 2.24) is 15.4 Å². The summed E-state index contributed by atoms with van der Waals surface area (Å²) in [6.07, 6.45) is -2.61. The summed E-state index contributed by atoms with van der Waals surface area (Å²) in [4.78, 5) is 24.8. The third kappa shape index (κ3) is 4.83. The Labute approximate surface area is 163 Å². The largest absolute Gasteiger partial charge is 0.471 e. The Morgan fingerprint density at radius 2 is 2.14 bits per heavy atom.